The van der Waals surface area contributed by atoms with E-state index in [9.17, 15) is 0 Å². The van der Waals surface area contributed by atoms with E-state index >= 15 is 0 Å². The highest BCUT2D eigenvalue weighted by Crippen LogP contribution is 2.16. The van der Waals surface area contributed by atoms with Crippen molar-refractivity contribution in [2.75, 3.05) is 5.73 Å². The van der Waals surface area contributed by atoms with E-state index in [2.05, 4.69) is 0 Å². The first-order valence-corrected chi connectivity index (χ1v) is 4.34. The highest BCUT2D eigenvalue weighted by atomic mass is 16.3. The molecule has 1 aromatic rings. The summed E-state index contributed by atoms with van der Waals surface area (Å²) in [5, 5.41) is 8.79. The van der Waals surface area contributed by atoms with E-state index in [1.54, 1.807) is 24.3 Å². The van der Waals surface area contributed by atoms with Crippen molar-refractivity contribution in [3.8, 4) is 5.75 Å². The number of hydrogen-bond acceptors (Lipinski definition) is 2. The van der Waals surface area contributed by atoms with E-state index in [4.69, 9.17) is 10.8 Å². The molecule has 0 saturated carbocycles. The summed E-state index contributed by atoms with van der Waals surface area (Å²) < 4.78 is 0. The molecule has 0 amide bonds. The molecule has 70 valence electrons. The van der Waals surface area contributed by atoms with Gasteiger partial charge in [0.1, 0.15) is 5.75 Å². The zero-order valence-electron chi connectivity index (χ0n) is 8.33. The number of nitrogens with two attached hydrogens (primary N) is 1. The van der Waals surface area contributed by atoms with Crippen LogP contribution in [0.5, 0.6) is 5.75 Å². The summed E-state index contributed by atoms with van der Waals surface area (Å²) in [4.78, 5) is 0. The molecule has 0 bridgehead atoms. The minimum Gasteiger partial charge on any atom is -0.506 e. The van der Waals surface area contributed by atoms with Gasteiger partial charge in [0.2, 0.25) is 0 Å². The third-order valence-electron chi connectivity index (χ3n) is 0.937. The van der Waals surface area contributed by atoms with Crippen molar-refractivity contribution in [1.29, 1.82) is 0 Å². The maximum absolute atomic E-state index is 8.79. The minimum absolute atomic E-state index is 0.146. The van der Waals surface area contributed by atoms with Crippen LogP contribution in [0.3, 0.4) is 0 Å². The van der Waals surface area contributed by atoms with Gasteiger partial charge in [0.25, 0.3) is 0 Å². The molecule has 0 unspecified atom stereocenters. The Morgan fingerprint density at radius 1 is 1.00 bits per heavy atom. The molecule has 0 atom stereocenters. The molecule has 3 N–H and O–H groups in total. The van der Waals surface area contributed by atoms with Crippen LogP contribution in [0.15, 0.2) is 24.3 Å². The number of phenols is 1. The third-order valence-corrected chi connectivity index (χ3v) is 0.937. The first-order chi connectivity index (χ1) is 5.80. The van der Waals surface area contributed by atoms with Crippen LogP contribution in [0.4, 0.5) is 5.69 Å². The van der Waals surface area contributed by atoms with E-state index in [0.717, 1.165) is 0 Å². The molecule has 0 aliphatic heterocycles. The molecule has 0 heterocycles. The second-order valence-electron chi connectivity index (χ2n) is 1.56. The first-order valence-electron chi connectivity index (χ1n) is 4.34. The summed E-state index contributed by atoms with van der Waals surface area (Å²) in [7, 11) is 0. The van der Waals surface area contributed by atoms with Crippen LogP contribution in [0, 0.1) is 0 Å². The highest BCUT2D eigenvalue weighted by molar-refractivity contribution is 5.50. The maximum Gasteiger partial charge on any atom is 0.138 e. The summed E-state index contributed by atoms with van der Waals surface area (Å²) in [5.41, 5.74) is 5.69. The molecule has 2 nitrogen and oxygen atoms in total. The van der Waals surface area contributed by atoms with Crippen LogP contribution in [-0.4, -0.2) is 5.11 Å². The van der Waals surface area contributed by atoms with Crippen molar-refractivity contribution < 1.29 is 5.11 Å². The summed E-state index contributed by atoms with van der Waals surface area (Å²) in [6.45, 7) is 8.00. The molecule has 1 aromatic carbocycles. The average molecular weight is 169 g/mol. The lowest BCUT2D eigenvalue weighted by atomic mass is 10.3. The number of aromatic hydroxyl groups is 1. The number of nitrogen functional groups attached to an aromatic ring is 1. The van der Waals surface area contributed by atoms with Crippen LogP contribution in [0.2, 0.25) is 0 Å². The molecular weight excluding hydrogens is 150 g/mol. The van der Waals surface area contributed by atoms with Crippen molar-refractivity contribution in [1.82, 2.24) is 0 Å². The quantitative estimate of drug-likeness (QED) is 0.463. The smallest absolute Gasteiger partial charge is 0.138 e. The molecule has 0 aromatic heterocycles. The van der Waals surface area contributed by atoms with Gasteiger partial charge < -0.3 is 10.8 Å². The Hall–Kier alpha value is -1.18. The van der Waals surface area contributed by atoms with E-state index in [-0.39, 0.29) is 5.75 Å². The predicted molar refractivity (Wildman–Crippen MR) is 55.2 cm³/mol. The molecule has 0 spiro atoms. The largest absolute Gasteiger partial charge is 0.506 e. The van der Waals surface area contributed by atoms with Gasteiger partial charge in [0.05, 0.1) is 5.69 Å². The number of anilines is 1. The Kier molecular flexibility index (Phi) is 11.0. The van der Waals surface area contributed by atoms with E-state index in [0.29, 0.717) is 5.69 Å². The summed E-state index contributed by atoms with van der Waals surface area (Å²) in [6.07, 6.45) is 0. The standard InChI is InChI=1S/C6H7NO.2C2H6/c7-5-3-1-2-4-6(5)8;2*1-2/h1-4,8H,7H2;2*1-2H3. The molecule has 0 radical (unpaired) electrons. The summed E-state index contributed by atoms with van der Waals surface area (Å²) in [5.74, 6) is 0.146. The second kappa shape index (κ2) is 9.82. The van der Waals surface area contributed by atoms with Gasteiger partial charge in [-0.3, -0.25) is 0 Å². The molecule has 0 fully saturated rings. The lowest BCUT2D eigenvalue weighted by molar-refractivity contribution is 0.478. The topological polar surface area (TPSA) is 46.2 Å². The van der Waals surface area contributed by atoms with Gasteiger partial charge in [-0.1, -0.05) is 39.8 Å². The van der Waals surface area contributed by atoms with Crippen molar-refractivity contribution >= 4 is 5.69 Å². The lowest BCUT2D eigenvalue weighted by Gasteiger charge is -1.92. The Morgan fingerprint density at radius 3 is 1.67 bits per heavy atom. The number of benzene rings is 1. The Labute approximate surface area is 75.0 Å². The molecule has 2 heteroatoms. The number of para-hydroxylation sites is 2. The molecule has 0 aliphatic carbocycles. The van der Waals surface area contributed by atoms with Gasteiger partial charge in [-0.2, -0.15) is 0 Å². The maximum atomic E-state index is 8.79. The normalized spacial score (nSPS) is 7.00. The van der Waals surface area contributed by atoms with Gasteiger partial charge in [0, 0.05) is 0 Å². The lowest BCUT2D eigenvalue weighted by Crippen LogP contribution is -1.82. The average Bonchev–Trinajstić information content (AvgIpc) is 2.17. The Morgan fingerprint density at radius 2 is 1.42 bits per heavy atom. The van der Waals surface area contributed by atoms with Crippen molar-refractivity contribution in [2.24, 2.45) is 0 Å². The molecule has 1 rings (SSSR count). The molecule has 0 aliphatic rings. The van der Waals surface area contributed by atoms with Gasteiger partial charge in [-0.25, -0.2) is 0 Å². The number of phenolic OH excluding ortho intramolecular Hbond substituents is 1. The fourth-order valence-corrected chi connectivity index (χ4v) is 0.488. The molecule has 0 saturated heterocycles. The van der Waals surface area contributed by atoms with E-state index in [1.165, 1.54) is 0 Å². The van der Waals surface area contributed by atoms with Crippen LogP contribution in [0.1, 0.15) is 27.7 Å². The monoisotopic (exact) mass is 169 g/mol. The molecule has 12 heavy (non-hydrogen) atoms. The highest BCUT2D eigenvalue weighted by Gasteiger charge is 1.87. The van der Waals surface area contributed by atoms with Crippen LogP contribution >= 0.6 is 0 Å². The Balaban J connectivity index is 0. The van der Waals surface area contributed by atoms with Crippen molar-refractivity contribution in [3.05, 3.63) is 24.3 Å². The van der Waals surface area contributed by atoms with Crippen molar-refractivity contribution in [3.63, 3.8) is 0 Å². The zero-order chi connectivity index (χ0) is 9.98. The van der Waals surface area contributed by atoms with E-state index < -0.39 is 0 Å². The zero-order valence-corrected chi connectivity index (χ0v) is 8.33. The van der Waals surface area contributed by atoms with E-state index in [1.807, 2.05) is 27.7 Å². The van der Waals surface area contributed by atoms with Gasteiger partial charge in [-0.05, 0) is 12.1 Å². The second-order valence-corrected chi connectivity index (χ2v) is 1.56. The summed E-state index contributed by atoms with van der Waals surface area (Å²) in [6, 6.07) is 6.70. The van der Waals surface area contributed by atoms with Gasteiger partial charge >= 0.3 is 0 Å². The fourth-order valence-electron chi connectivity index (χ4n) is 0.488. The number of rotatable bonds is 0. The SMILES string of the molecule is CC.CC.Nc1ccccc1O. The van der Waals surface area contributed by atoms with Crippen molar-refractivity contribution in [2.45, 2.75) is 27.7 Å². The predicted octanol–water partition coefficient (Wildman–Crippen LogP) is 3.03. The minimum atomic E-state index is 0.146. The fraction of sp³-hybridized carbons (Fsp3) is 0.400. The third kappa shape index (κ3) is 5.59. The van der Waals surface area contributed by atoms with Gasteiger partial charge in [-0.15, -0.1) is 0 Å². The summed E-state index contributed by atoms with van der Waals surface area (Å²) >= 11 is 0. The van der Waals surface area contributed by atoms with Crippen LogP contribution in [0.25, 0.3) is 0 Å². The number of hydrogen-bond donors (Lipinski definition) is 2. The van der Waals surface area contributed by atoms with Crippen LogP contribution < -0.4 is 5.73 Å². The molecular formula is C10H19NO. The first kappa shape index (κ1) is 13.4. The van der Waals surface area contributed by atoms with Crippen LogP contribution in [-0.2, 0) is 0 Å². The van der Waals surface area contributed by atoms with Gasteiger partial charge in [0.15, 0.2) is 0 Å². The Bertz CT molecular complexity index is 166.